The van der Waals surface area contributed by atoms with Gasteiger partial charge in [0.1, 0.15) is 0 Å². The molecule has 0 unspecified atom stereocenters. The lowest BCUT2D eigenvalue weighted by atomic mass is 9.79. The Morgan fingerprint density at radius 1 is 0.967 bits per heavy atom. The number of nitrogens with one attached hydrogen (secondary N) is 1. The van der Waals surface area contributed by atoms with Crippen molar-refractivity contribution in [3.8, 4) is 0 Å². The van der Waals surface area contributed by atoms with Gasteiger partial charge in [0.05, 0.1) is 16.1 Å². The van der Waals surface area contributed by atoms with Crippen molar-refractivity contribution in [1.29, 1.82) is 0 Å². The average molecular weight is 419 g/mol. The Balaban J connectivity index is 1.54. The molecule has 4 nitrogen and oxygen atoms in total. The number of thiophene rings is 1. The van der Waals surface area contributed by atoms with E-state index in [0.29, 0.717) is 22.7 Å². The summed E-state index contributed by atoms with van der Waals surface area (Å²) in [4.78, 5) is 28.2. The first-order valence-electron chi connectivity index (χ1n) is 10.4. The SMILES string of the molecule is CN(C(=O)c1cccs1)c1ccccc1C(=O)NCC1(c2ccccc2)CCCC1. The number of benzene rings is 2. The van der Waals surface area contributed by atoms with E-state index in [1.54, 1.807) is 24.1 Å². The second-order valence-corrected chi connectivity index (χ2v) is 8.84. The molecule has 1 fully saturated rings. The molecule has 5 heteroatoms. The zero-order valence-electron chi connectivity index (χ0n) is 17.1. The maximum absolute atomic E-state index is 13.2. The summed E-state index contributed by atoms with van der Waals surface area (Å²) in [5.41, 5.74) is 2.42. The van der Waals surface area contributed by atoms with Gasteiger partial charge >= 0.3 is 0 Å². The normalized spacial score (nSPS) is 15.0. The predicted molar refractivity (Wildman–Crippen MR) is 122 cm³/mol. The lowest BCUT2D eigenvalue weighted by Gasteiger charge is -2.30. The van der Waals surface area contributed by atoms with E-state index in [9.17, 15) is 9.59 Å². The molecule has 3 aromatic rings. The Hall–Kier alpha value is -2.92. The van der Waals surface area contributed by atoms with Crippen molar-refractivity contribution in [2.24, 2.45) is 0 Å². The van der Waals surface area contributed by atoms with Gasteiger partial charge in [-0.15, -0.1) is 11.3 Å². The summed E-state index contributed by atoms with van der Waals surface area (Å²) in [7, 11) is 1.72. The van der Waals surface area contributed by atoms with Gasteiger partial charge in [-0.1, -0.05) is 61.4 Å². The number of amides is 2. The highest BCUT2D eigenvalue weighted by Crippen LogP contribution is 2.40. The third-order valence-electron chi connectivity index (χ3n) is 6.08. The van der Waals surface area contributed by atoms with Crippen LogP contribution in [0.15, 0.2) is 72.1 Å². The molecular weight excluding hydrogens is 392 g/mol. The largest absolute Gasteiger partial charge is 0.351 e. The van der Waals surface area contributed by atoms with Gasteiger partial charge in [-0.05, 0) is 42.0 Å². The van der Waals surface area contributed by atoms with Gasteiger partial charge in [0.25, 0.3) is 11.8 Å². The number of carbonyl (C=O) groups is 2. The van der Waals surface area contributed by atoms with Crippen molar-refractivity contribution in [3.63, 3.8) is 0 Å². The molecule has 0 radical (unpaired) electrons. The van der Waals surface area contributed by atoms with Crippen LogP contribution >= 0.6 is 11.3 Å². The van der Waals surface area contributed by atoms with Gasteiger partial charge in [-0.3, -0.25) is 9.59 Å². The zero-order chi connectivity index (χ0) is 21.0. The monoisotopic (exact) mass is 418 g/mol. The second-order valence-electron chi connectivity index (χ2n) is 7.89. The quantitative estimate of drug-likeness (QED) is 0.593. The predicted octanol–water partition coefficient (Wildman–Crippen LogP) is 5.27. The third-order valence-corrected chi connectivity index (χ3v) is 6.94. The molecule has 1 aliphatic rings. The fourth-order valence-electron chi connectivity index (χ4n) is 4.39. The maximum atomic E-state index is 13.2. The minimum Gasteiger partial charge on any atom is -0.351 e. The summed E-state index contributed by atoms with van der Waals surface area (Å²) >= 11 is 1.40. The molecular formula is C25H26N2O2S. The van der Waals surface area contributed by atoms with Crippen LogP contribution in [-0.2, 0) is 5.41 Å². The van der Waals surface area contributed by atoms with E-state index in [4.69, 9.17) is 0 Å². The molecule has 1 heterocycles. The van der Waals surface area contributed by atoms with Crippen molar-refractivity contribution in [3.05, 3.63) is 88.1 Å². The van der Waals surface area contributed by atoms with E-state index in [2.05, 4.69) is 29.6 Å². The lowest BCUT2D eigenvalue weighted by molar-refractivity contribution is 0.0943. The van der Waals surface area contributed by atoms with E-state index in [1.807, 2.05) is 35.7 Å². The molecule has 1 saturated carbocycles. The van der Waals surface area contributed by atoms with Crippen LogP contribution in [0.1, 0.15) is 51.3 Å². The zero-order valence-corrected chi connectivity index (χ0v) is 18.0. The van der Waals surface area contributed by atoms with Crippen molar-refractivity contribution < 1.29 is 9.59 Å². The summed E-state index contributed by atoms with van der Waals surface area (Å²) in [6.45, 7) is 0.604. The van der Waals surface area contributed by atoms with Gasteiger partial charge in [0, 0.05) is 19.0 Å². The van der Waals surface area contributed by atoms with Crippen LogP contribution in [0.3, 0.4) is 0 Å². The fourth-order valence-corrected chi connectivity index (χ4v) is 5.09. The molecule has 0 bridgehead atoms. The number of hydrogen-bond donors (Lipinski definition) is 1. The molecule has 0 atom stereocenters. The van der Waals surface area contributed by atoms with Gasteiger partial charge in [-0.2, -0.15) is 0 Å². The Morgan fingerprint density at radius 2 is 1.67 bits per heavy atom. The number of rotatable bonds is 6. The molecule has 1 aromatic heterocycles. The van der Waals surface area contributed by atoms with Crippen LogP contribution < -0.4 is 10.2 Å². The van der Waals surface area contributed by atoms with E-state index in [0.717, 1.165) is 12.8 Å². The molecule has 154 valence electrons. The van der Waals surface area contributed by atoms with E-state index < -0.39 is 0 Å². The molecule has 0 saturated heterocycles. The number of para-hydroxylation sites is 1. The summed E-state index contributed by atoms with van der Waals surface area (Å²) in [6, 6.07) is 21.5. The smallest absolute Gasteiger partial charge is 0.268 e. The van der Waals surface area contributed by atoms with Crippen molar-refractivity contribution in [2.75, 3.05) is 18.5 Å². The first-order valence-corrected chi connectivity index (χ1v) is 11.2. The number of hydrogen-bond acceptors (Lipinski definition) is 3. The van der Waals surface area contributed by atoms with Crippen molar-refractivity contribution in [2.45, 2.75) is 31.1 Å². The molecule has 4 rings (SSSR count). The highest BCUT2D eigenvalue weighted by Gasteiger charge is 2.36. The van der Waals surface area contributed by atoms with Crippen LogP contribution in [0.25, 0.3) is 0 Å². The Labute approximate surface area is 181 Å². The van der Waals surface area contributed by atoms with E-state index in [-0.39, 0.29) is 17.2 Å². The van der Waals surface area contributed by atoms with Crippen molar-refractivity contribution >= 4 is 28.8 Å². The average Bonchev–Trinajstić information content (AvgIpc) is 3.50. The second kappa shape index (κ2) is 8.84. The molecule has 0 spiro atoms. The molecule has 2 aromatic carbocycles. The van der Waals surface area contributed by atoms with Gasteiger partial charge < -0.3 is 10.2 Å². The first kappa shape index (κ1) is 20.4. The molecule has 2 amide bonds. The van der Waals surface area contributed by atoms with Crippen LogP contribution in [0, 0.1) is 0 Å². The molecule has 1 N–H and O–H groups in total. The van der Waals surface area contributed by atoms with Crippen LogP contribution in [-0.4, -0.2) is 25.4 Å². The highest BCUT2D eigenvalue weighted by atomic mass is 32.1. The van der Waals surface area contributed by atoms with Crippen LogP contribution in [0.2, 0.25) is 0 Å². The van der Waals surface area contributed by atoms with Crippen LogP contribution in [0.4, 0.5) is 5.69 Å². The summed E-state index contributed by atoms with van der Waals surface area (Å²) < 4.78 is 0. The minimum atomic E-state index is -0.140. The fraction of sp³-hybridized carbons (Fsp3) is 0.280. The minimum absolute atomic E-state index is 0.00937. The van der Waals surface area contributed by atoms with E-state index >= 15 is 0 Å². The summed E-state index contributed by atoms with van der Waals surface area (Å²) in [5, 5.41) is 5.05. The standard InChI is InChI=1S/C25H26N2O2S/c1-27(24(29)22-14-9-17-30-22)21-13-6-5-12-20(21)23(28)26-18-25(15-7-8-16-25)19-10-3-2-4-11-19/h2-6,9-14,17H,7-8,15-16,18H2,1H3,(H,26,28). The molecule has 1 aliphatic carbocycles. The van der Waals surface area contributed by atoms with Gasteiger partial charge in [0.2, 0.25) is 0 Å². The first-order chi connectivity index (χ1) is 14.6. The summed E-state index contributed by atoms with van der Waals surface area (Å²) in [5.74, 6) is -0.250. The Morgan fingerprint density at radius 3 is 2.37 bits per heavy atom. The van der Waals surface area contributed by atoms with Gasteiger partial charge in [0.15, 0.2) is 0 Å². The Kier molecular flexibility index (Phi) is 6.00. The van der Waals surface area contributed by atoms with E-state index in [1.165, 1.54) is 29.7 Å². The number of nitrogens with zero attached hydrogens (tertiary/aromatic N) is 1. The van der Waals surface area contributed by atoms with Crippen LogP contribution in [0.5, 0.6) is 0 Å². The Bertz CT molecular complexity index is 1010. The molecule has 30 heavy (non-hydrogen) atoms. The maximum Gasteiger partial charge on any atom is 0.268 e. The number of carbonyl (C=O) groups excluding carboxylic acids is 2. The summed E-state index contributed by atoms with van der Waals surface area (Å²) in [6.07, 6.45) is 4.52. The number of anilines is 1. The topological polar surface area (TPSA) is 49.4 Å². The van der Waals surface area contributed by atoms with Gasteiger partial charge in [-0.25, -0.2) is 0 Å². The molecule has 0 aliphatic heterocycles. The van der Waals surface area contributed by atoms with Crippen molar-refractivity contribution in [1.82, 2.24) is 5.32 Å². The lowest BCUT2D eigenvalue weighted by Crippen LogP contribution is -2.39. The third kappa shape index (κ3) is 4.03. The highest BCUT2D eigenvalue weighted by molar-refractivity contribution is 7.12.